The molecule has 2 rings (SSSR count). The topological polar surface area (TPSA) is 57.4 Å². The number of benzene rings is 1. The highest BCUT2D eigenvalue weighted by Crippen LogP contribution is 2.37. The zero-order valence-electron chi connectivity index (χ0n) is 11.1. The van der Waals surface area contributed by atoms with Crippen molar-refractivity contribution >= 4 is 31.9 Å². The van der Waals surface area contributed by atoms with Crippen molar-refractivity contribution in [3.05, 3.63) is 50.7 Å². The second-order valence-electron chi connectivity index (χ2n) is 4.07. The van der Waals surface area contributed by atoms with Crippen LogP contribution >= 0.6 is 31.9 Å². The van der Waals surface area contributed by atoms with E-state index in [0.29, 0.717) is 11.5 Å². The Morgan fingerprint density at radius 3 is 2.25 bits per heavy atom. The van der Waals surface area contributed by atoms with Crippen molar-refractivity contribution in [1.82, 2.24) is 4.98 Å². The molecule has 106 valence electrons. The number of halogens is 2. The van der Waals surface area contributed by atoms with Gasteiger partial charge in [0.05, 0.1) is 31.5 Å². The molecule has 1 heterocycles. The second kappa shape index (κ2) is 6.56. The molecule has 1 aromatic heterocycles. The van der Waals surface area contributed by atoms with Gasteiger partial charge in [-0.05, 0) is 50.1 Å². The molecule has 0 fully saturated rings. The predicted molar refractivity (Wildman–Crippen MR) is 85.2 cm³/mol. The Labute approximate surface area is 134 Å². The minimum atomic E-state index is -0.455. The number of hydrogen-bond donors (Lipinski definition) is 1. The van der Waals surface area contributed by atoms with E-state index in [1.165, 1.54) is 0 Å². The van der Waals surface area contributed by atoms with Gasteiger partial charge in [-0.1, -0.05) is 6.07 Å². The molecule has 0 amide bonds. The van der Waals surface area contributed by atoms with E-state index in [4.69, 9.17) is 15.2 Å². The Morgan fingerprint density at radius 1 is 1.15 bits per heavy atom. The Bertz CT molecular complexity index is 598. The van der Waals surface area contributed by atoms with Crippen LogP contribution in [0.4, 0.5) is 0 Å². The monoisotopic (exact) mass is 400 g/mol. The number of aromatic nitrogens is 1. The van der Waals surface area contributed by atoms with Gasteiger partial charge in [0, 0.05) is 15.1 Å². The molecule has 0 saturated carbocycles. The summed E-state index contributed by atoms with van der Waals surface area (Å²) in [5.74, 6) is 1.35. The lowest BCUT2D eigenvalue weighted by Gasteiger charge is -2.19. The summed E-state index contributed by atoms with van der Waals surface area (Å²) in [6, 6.07) is 7.01. The van der Waals surface area contributed by atoms with Crippen molar-refractivity contribution in [3.8, 4) is 11.5 Å². The van der Waals surface area contributed by atoms with Crippen molar-refractivity contribution < 1.29 is 9.47 Å². The molecule has 2 N–H and O–H groups in total. The quantitative estimate of drug-likeness (QED) is 0.848. The van der Waals surface area contributed by atoms with Gasteiger partial charge in [0.2, 0.25) is 0 Å². The fourth-order valence-corrected chi connectivity index (χ4v) is 3.21. The molecule has 2 aromatic rings. The van der Waals surface area contributed by atoms with Gasteiger partial charge in [0.25, 0.3) is 0 Å². The van der Waals surface area contributed by atoms with E-state index in [-0.39, 0.29) is 0 Å². The van der Waals surface area contributed by atoms with Gasteiger partial charge in [-0.15, -0.1) is 0 Å². The number of methoxy groups -OCH3 is 2. The van der Waals surface area contributed by atoms with Crippen molar-refractivity contribution in [2.75, 3.05) is 14.2 Å². The van der Waals surface area contributed by atoms with Gasteiger partial charge in [0.15, 0.2) is 0 Å². The molecule has 0 saturated heterocycles. The number of rotatable bonds is 4. The zero-order chi connectivity index (χ0) is 14.7. The van der Waals surface area contributed by atoms with Crippen LogP contribution in [0.15, 0.2) is 39.4 Å². The number of hydrogen-bond acceptors (Lipinski definition) is 4. The average molecular weight is 402 g/mol. The second-order valence-corrected chi connectivity index (χ2v) is 5.84. The summed E-state index contributed by atoms with van der Waals surface area (Å²) in [4.78, 5) is 4.38. The van der Waals surface area contributed by atoms with Crippen molar-refractivity contribution in [2.45, 2.75) is 6.04 Å². The molecule has 20 heavy (non-hydrogen) atoms. The Hall–Kier alpha value is -1.11. The molecule has 0 bridgehead atoms. The summed E-state index contributed by atoms with van der Waals surface area (Å²) < 4.78 is 12.5. The molecule has 4 nitrogen and oxygen atoms in total. The maximum atomic E-state index is 6.35. The molecule has 6 heteroatoms. The van der Waals surface area contributed by atoms with Gasteiger partial charge >= 0.3 is 0 Å². The minimum absolute atomic E-state index is 0.455. The lowest BCUT2D eigenvalue weighted by atomic mass is 10.0. The van der Waals surface area contributed by atoms with E-state index in [2.05, 4.69) is 36.8 Å². The molecule has 0 spiro atoms. The molecule has 1 unspecified atom stereocenters. The van der Waals surface area contributed by atoms with E-state index in [1.807, 2.05) is 24.3 Å². The molecule has 1 aromatic carbocycles. The molecule has 0 aliphatic carbocycles. The van der Waals surface area contributed by atoms with Crippen LogP contribution in [0.25, 0.3) is 0 Å². The van der Waals surface area contributed by atoms with Crippen LogP contribution < -0.4 is 15.2 Å². The highest BCUT2D eigenvalue weighted by molar-refractivity contribution is 9.11. The number of ether oxygens (including phenoxy) is 2. The van der Waals surface area contributed by atoms with E-state index in [0.717, 1.165) is 20.2 Å². The van der Waals surface area contributed by atoms with Gasteiger partial charge in [-0.2, -0.15) is 0 Å². The van der Waals surface area contributed by atoms with Crippen LogP contribution in [0.3, 0.4) is 0 Å². The first-order valence-electron chi connectivity index (χ1n) is 5.86. The highest BCUT2D eigenvalue weighted by Gasteiger charge is 2.22. The van der Waals surface area contributed by atoms with Crippen molar-refractivity contribution in [1.29, 1.82) is 0 Å². The molecule has 0 aliphatic rings. The van der Waals surface area contributed by atoms with Crippen LogP contribution in [-0.4, -0.2) is 19.2 Å². The van der Waals surface area contributed by atoms with Crippen LogP contribution in [0.2, 0.25) is 0 Å². The van der Waals surface area contributed by atoms with E-state index < -0.39 is 6.04 Å². The summed E-state index contributed by atoms with van der Waals surface area (Å²) in [5, 5.41) is 0. The van der Waals surface area contributed by atoms with Crippen LogP contribution in [0.1, 0.15) is 17.3 Å². The number of nitrogens with two attached hydrogens (primary N) is 1. The fraction of sp³-hybridized carbons (Fsp3) is 0.214. The van der Waals surface area contributed by atoms with Crippen LogP contribution in [-0.2, 0) is 0 Å². The average Bonchev–Trinajstić information content (AvgIpc) is 2.45. The maximum Gasteiger partial charge on any atom is 0.127 e. The lowest BCUT2D eigenvalue weighted by Crippen LogP contribution is -2.16. The fourth-order valence-electron chi connectivity index (χ4n) is 1.98. The van der Waals surface area contributed by atoms with Crippen molar-refractivity contribution in [3.63, 3.8) is 0 Å². The summed E-state index contributed by atoms with van der Waals surface area (Å²) in [6.07, 6.45) is 1.71. The molecular weight excluding hydrogens is 388 g/mol. The van der Waals surface area contributed by atoms with Gasteiger partial charge in [0.1, 0.15) is 11.5 Å². The first-order chi connectivity index (χ1) is 9.58. The van der Waals surface area contributed by atoms with Crippen LogP contribution in [0.5, 0.6) is 11.5 Å². The Morgan fingerprint density at radius 2 is 1.75 bits per heavy atom. The standard InChI is InChI=1S/C14H14Br2N2O2/c1-19-10-4-3-5-11(20-2)12(10)13(17)14-9(16)6-8(15)7-18-14/h3-7,13H,17H2,1-2H3. The minimum Gasteiger partial charge on any atom is -0.496 e. The summed E-state index contributed by atoms with van der Waals surface area (Å²) in [6.45, 7) is 0. The zero-order valence-corrected chi connectivity index (χ0v) is 14.2. The lowest BCUT2D eigenvalue weighted by molar-refractivity contribution is 0.382. The van der Waals surface area contributed by atoms with Gasteiger partial charge in [-0.3, -0.25) is 4.98 Å². The Kier molecular flexibility index (Phi) is 5.01. The molecule has 0 aliphatic heterocycles. The smallest absolute Gasteiger partial charge is 0.127 e. The number of pyridine rings is 1. The first kappa shape index (κ1) is 15.3. The molecule has 0 radical (unpaired) electrons. The molecule has 1 atom stereocenters. The Balaban J connectivity index is 2.55. The normalized spacial score (nSPS) is 12.1. The summed E-state index contributed by atoms with van der Waals surface area (Å²) in [7, 11) is 3.21. The van der Waals surface area contributed by atoms with E-state index in [1.54, 1.807) is 20.4 Å². The highest BCUT2D eigenvalue weighted by atomic mass is 79.9. The first-order valence-corrected chi connectivity index (χ1v) is 7.44. The maximum absolute atomic E-state index is 6.35. The third-order valence-corrected chi connectivity index (χ3v) is 3.98. The summed E-state index contributed by atoms with van der Waals surface area (Å²) >= 11 is 6.86. The predicted octanol–water partition coefficient (Wildman–Crippen LogP) is 3.67. The van der Waals surface area contributed by atoms with E-state index >= 15 is 0 Å². The third-order valence-electron chi connectivity index (χ3n) is 2.91. The van der Waals surface area contributed by atoms with E-state index in [9.17, 15) is 0 Å². The SMILES string of the molecule is COc1cccc(OC)c1C(N)c1ncc(Br)cc1Br. The van der Waals surface area contributed by atoms with Gasteiger partial charge < -0.3 is 15.2 Å². The largest absolute Gasteiger partial charge is 0.496 e. The summed E-state index contributed by atoms with van der Waals surface area (Å²) in [5.41, 5.74) is 7.84. The third kappa shape index (κ3) is 2.97. The van der Waals surface area contributed by atoms with Crippen molar-refractivity contribution in [2.24, 2.45) is 5.73 Å². The van der Waals surface area contributed by atoms with Crippen LogP contribution in [0, 0.1) is 0 Å². The molecular formula is C14H14Br2N2O2. The number of nitrogens with zero attached hydrogens (tertiary/aromatic N) is 1. The van der Waals surface area contributed by atoms with Gasteiger partial charge in [-0.25, -0.2) is 0 Å².